The zero-order chi connectivity index (χ0) is 11.7. The van der Waals surface area contributed by atoms with Crippen LogP contribution in [0.1, 0.15) is 18.9 Å². The van der Waals surface area contributed by atoms with E-state index >= 15 is 0 Å². The van der Waals surface area contributed by atoms with Crippen molar-refractivity contribution in [2.75, 3.05) is 0 Å². The maximum Gasteiger partial charge on any atom is 0.149 e. The van der Waals surface area contributed by atoms with Crippen LogP contribution < -0.4 is 0 Å². The Bertz CT molecular complexity index is 411. The predicted octanol–water partition coefficient (Wildman–Crippen LogP) is 4.11. The molecule has 2 atom stereocenters. The van der Waals surface area contributed by atoms with Gasteiger partial charge in [-0.1, -0.05) is 28.4 Å². The number of alkyl halides is 1. The minimum absolute atomic E-state index is 0.0732. The molecule has 1 aromatic rings. The zero-order valence-electron chi connectivity index (χ0n) is 8.58. The van der Waals surface area contributed by atoms with E-state index in [1.807, 2.05) is 19.1 Å². The van der Waals surface area contributed by atoms with E-state index in [9.17, 15) is 0 Å². The summed E-state index contributed by atoms with van der Waals surface area (Å²) < 4.78 is 0. The molecule has 1 aliphatic rings. The van der Waals surface area contributed by atoms with Crippen LogP contribution >= 0.6 is 34.8 Å². The summed E-state index contributed by atoms with van der Waals surface area (Å²) in [6.07, 6.45) is 0.607. The standard InChI is InChI=1S/C11H10Cl3NO/c1-6(12)11-5-10(15-16-11)7-2-8(13)4-9(14)3-7/h2-4,6,11H,5H2,1H3. The molecule has 0 bridgehead atoms. The molecule has 0 saturated heterocycles. The van der Waals surface area contributed by atoms with E-state index in [0.717, 1.165) is 11.3 Å². The van der Waals surface area contributed by atoms with E-state index in [0.29, 0.717) is 16.5 Å². The predicted molar refractivity (Wildman–Crippen MR) is 67.8 cm³/mol. The van der Waals surface area contributed by atoms with Gasteiger partial charge in [0, 0.05) is 22.0 Å². The van der Waals surface area contributed by atoms with Gasteiger partial charge in [-0.3, -0.25) is 0 Å². The molecule has 1 aliphatic heterocycles. The number of hydrogen-bond acceptors (Lipinski definition) is 2. The molecule has 16 heavy (non-hydrogen) atoms. The monoisotopic (exact) mass is 277 g/mol. The Morgan fingerprint density at radius 2 is 1.94 bits per heavy atom. The van der Waals surface area contributed by atoms with Crippen LogP contribution in [0.25, 0.3) is 0 Å². The van der Waals surface area contributed by atoms with Crippen LogP contribution in [-0.2, 0) is 4.84 Å². The molecular formula is C11H10Cl3NO. The van der Waals surface area contributed by atoms with E-state index in [-0.39, 0.29) is 11.5 Å². The van der Waals surface area contributed by atoms with Crippen LogP contribution in [0, 0.1) is 0 Å². The lowest BCUT2D eigenvalue weighted by molar-refractivity contribution is 0.0855. The highest BCUT2D eigenvalue weighted by Gasteiger charge is 2.26. The number of oxime groups is 1. The van der Waals surface area contributed by atoms with Crippen LogP contribution in [0.4, 0.5) is 0 Å². The Kier molecular flexibility index (Phi) is 3.63. The van der Waals surface area contributed by atoms with Crippen molar-refractivity contribution in [3.05, 3.63) is 33.8 Å². The smallest absolute Gasteiger partial charge is 0.149 e. The maximum atomic E-state index is 5.95. The van der Waals surface area contributed by atoms with Crippen molar-refractivity contribution in [1.82, 2.24) is 0 Å². The molecule has 5 heteroatoms. The number of rotatable bonds is 2. The summed E-state index contributed by atoms with van der Waals surface area (Å²) in [7, 11) is 0. The van der Waals surface area contributed by atoms with Crippen molar-refractivity contribution in [2.45, 2.75) is 24.8 Å². The summed E-state index contributed by atoms with van der Waals surface area (Å²) in [6.45, 7) is 1.88. The molecule has 1 aromatic carbocycles. The number of nitrogens with zero attached hydrogens (tertiary/aromatic N) is 1. The normalized spacial score (nSPS) is 21.5. The van der Waals surface area contributed by atoms with Crippen LogP contribution in [0.3, 0.4) is 0 Å². The van der Waals surface area contributed by atoms with E-state index in [4.69, 9.17) is 39.6 Å². The SMILES string of the molecule is CC(Cl)C1CC(c2cc(Cl)cc(Cl)c2)=NO1. The van der Waals surface area contributed by atoms with Crippen LogP contribution in [-0.4, -0.2) is 17.2 Å². The Morgan fingerprint density at radius 1 is 1.31 bits per heavy atom. The molecule has 0 amide bonds. The van der Waals surface area contributed by atoms with Gasteiger partial charge in [0.2, 0.25) is 0 Å². The second-order valence-electron chi connectivity index (χ2n) is 3.72. The molecule has 2 unspecified atom stereocenters. The van der Waals surface area contributed by atoms with Gasteiger partial charge in [-0.05, 0) is 25.1 Å². The van der Waals surface area contributed by atoms with Crippen molar-refractivity contribution < 1.29 is 4.84 Å². The average molecular weight is 279 g/mol. The molecule has 86 valence electrons. The molecule has 0 aromatic heterocycles. The van der Waals surface area contributed by atoms with Crippen LogP contribution in [0.15, 0.2) is 23.4 Å². The van der Waals surface area contributed by atoms with Gasteiger partial charge in [-0.15, -0.1) is 11.6 Å². The summed E-state index contributed by atoms with van der Waals surface area (Å²) in [5.74, 6) is 0. The zero-order valence-corrected chi connectivity index (χ0v) is 10.9. The fraction of sp³-hybridized carbons (Fsp3) is 0.364. The quantitative estimate of drug-likeness (QED) is 0.746. The lowest BCUT2D eigenvalue weighted by Crippen LogP contribution is -2.18. The van der Waals surface area contributed by atoms with Crippen molar-refractivity contribution in [3.63, 3.8) is 0 Å². The fourth-order valence-corrected chi connectivity index (χ4v) is 2.19. The van der Waals surface area contributed by atoms with Gasteiger partial charge in [0.1, 0.15) is 6.10 Å². The number of hydrogen-bond donors (Lipinski definition) is 0. The van der Waals surface area contributed by atoms with Crippen molar-refractivity contribution in [2.24, 2.45) is 5.16 Å². The van der Waals surface area contributed by atoms with Gasteiger partial charge < -0.3 is 4.84 Å². The third kappa shape index (κ3) is 2.62. The fourth-order valence-electron chi connectivity index (χ4n) is 1.53. The molecule has 0 fully saturated rings. The summed E-state index contributed by atoms with van der Waals surface area (Å²) >= 11 is 17.8. The van der Waals surface area contributed by atoms with E-state index in [1.54, 1.807) is 6.07 Å². The first kappa shape index (κ1) is 12.0. The van der Waals surface area contributed by atoms with Crippen molar-refractivity contribution >= 4 is 40.5 Å². The Morgan fingerprint density at radius 3 is 2.44 bits per heavy atom. The van der Waals surface area contributed by atoms with E-state index in [2.05, 4.69) is 5.16 Å². The minimum Gasteiger partial charge on any atom is -0.390 e. The van der Waals surface area contributed by atoms with Crippen LogP contribution in [0.5, 0.6) is 0 Å². The highest BCUT2D eigenvalue weighted by molar-refractivity contribution is 6.35. The molecule has 0 N–H and O–H groups in total. The summed E-state index contributed by atoms with van der Waals surface area (Å²) in [5.41, 5.74) is 1.72. The van der Waals surface area contributed by atoms with E-state index in [1.165, 1.54) is 0 Å². The van der Waals surface area contributed by atoms with Crippen molar-refractivity contribution in [1.29, 1.82) is 0 Å². The average Bonchev–Trinajstić information content (AvgIpc) is 2.64. The van der Waals surface area contributed by atoms with Crippen LogP contribution in [0.2, 0.25) is 10.0 Å². The first-order chi connectivity index (χ1) is 7.56. The van der Waals surface area contributed by atoms with Gasteiger partial charge in [-0.25, -0.2) is 0 Å². The number of benzene rings is 1. The molecule has 0 spiro atoms. The number of halogens is 3. The summed E-state index contributed by atoms with van der Waals surface area (Å²) in [6, 6.07) is 5.32. The topological polar surface area (TPSA) is 21.6 Å². The Hall–Kier alpha value is -0.440. The van der Waals surface area contributed by atoms with Gasteiger partial charge in [-0.2, -0.15) is 0 Å². The molecule has 0 saturated carbocycles. The highest BCUT2D eigenvalue weighted by Crippen LogP contribution is 2.25. The summed E-state index contributed by atoms with van der Waals surface area (Å²) in [5, 5.41) is 5.11. The minimum atomic E-state index is -0.0746. The maximum absolute atomic E-state index is 5.95. The molecule has 0 aliphatic carbocycles. The van der Waals surface area contributed by atoms with Gasteiger partial charge in [0.15, 0.2) is 0 Å². The highest BCUT2D eigenvalue weighted by atomic mass is 35.5. The van der Waals surface area contributed by atoms with Gasteiger partial charge in [0.25, 0.3) is 0 Å². The Labute approximate surface area is 109 Å². The lowest BCUT2D eigenvalue weighted by Gasteiger charge is -2.09. The second kappa shape index (κ2) is 4.82. The largest absolute Gasteiger partial charge is 0.390 e. The molecule has 0 radical (unpaired) electrons. The molecular weight excluding hydrogens is 268 g/mol. The lowest BCUT2D eigenvalue weighted by atomic mass is 10.0. The molecule has 2 rings (SSSR count). The summed E-state index contributed by atoms with van der Waals surface area (Å²) in [4.78, 5) is 5.23. The second-order valence-corrected chi connectivity index (χ2v) is 5.28. The first-order valence-electron chi connectivity index (χ1n) is 4.89. The first-order valence-corrected chi connectivity index (χ1v) is 6.08. The third-order valence-corrected chi connectivity index (χ3v) is 3.12. The third-order valence-electron chi connectivity index (χ3n) is 2.40. The van der Waals surface area contributed by atoms with Gasteiger partial charge in [0.05, 0.1) is 11.1 Å². The molecule has 1 heterocycles. The van der Waals surface area contributed by atoms with Crippen molar-refractivity contribution in [3.8, 4) is 0 Å². The van der Waals surface area contributed by atoms with Gasteiger partial charge >= 0.3 is 0 Å². The molecule has 2 nitrogen and oxygen atoms in total. The Balaban J connectivity index is 2.20. The van der Waals surface area contributed by atoms with E-state index < -0.39 is 0 Å².